The molecule has 18 heavy (non-hydrogen) atoms. The van der Waals surface area contributed by atoms with Gasteiger partial charge in [0.05, 0.1) is 6.61 Å². The first-order chi connectivity index (χ1) is 8.69. The Hall–Kier alpha value is -1.10. The SMILES string of the molecule is CN(CCc1ccc2c(c1)CCO2)CC(N)CN. The Bertz CT molecular complexity index is 395. The van der Waals surface area contributed by atoms with E-state index >= 15 is 0 Å². The van der Waals surface area contributed by atoms with E-state index in [0.29, 0.717) is 6.54 Å². The highest BCUT2D eigenvalue weighted by Gasteiger charge is 2.12. The van der Waals surface area contributed by atoms with Crippen LogP contribution in [0.5, 0.6) is 5.75 Å². The summed E-state index contributed by atoms with van der Waals surface area (Å²) in [4.78, 5) is 2.24. The van der Waals surface area contributed by atoms with Crippen molar-refractivity contribution in [2.75, 3.05) is 33.3 Å². The van der Waals surface area contributed by atoms with Crippen molar-refractivity contribution in [3.05, 3.63) is 29.3 Å². The Kier molecular flexibility index (Phi) is 4.58. The monoisotopic (exact) mass is 249 g/mol. The molecule has 0 aromatic heterocycles. The van der Waals surface area contributed by atoms with E-state index in [1.807, 2.05) is 0 Å². The summed E-state index contributed by atoms with van der Waals surface area (Å²) in [5, 5.41) is 0. The predicted octanol–water partition coefficient (Wildman–Crippen LogP) is 0.382. The van der Waals surface area contributed by atoms with Crippen LogP contribution < -0.4 is 16.2 Å². The Labute approximate surface area is 109 Å². The Morgan fingerprint density at radius 2 is 2.28 bits per heavy atom. The van der Waals surface area contributed by atoms with Crippen molar-refractivity contribution < 1.29 is 4.74 Å². The fourth-order valence-electron chi connectivity index (χ4n) is 2.28. The lowest BCUT2D eigenvalue weighted by atomic mass is 10.1. The third kappa shape index (κ3) is 3.45. The molecule has 0 saturated heterocycles. The average molecular weight is 249 g/mol. The van der Waals surface area contributed by atoms with Crippen molar-refractivity contribution in [2.24, 2.45) is 11.5 Å². The number of nitrogens with two attached hydrogens (primary N) is 2. The van der Waals surface area contributed by atoms with Gasteiger partial charge in [-0.25, -0.2) is 0 Å². The fraction of sp³-hybridized carbons (Fsp3) is 0.571. The molecule has 0 amide bonds. The molecule has 0 spiro atoms. The van der Waals surface area contributed by atoms with Gasteiger partial charge >= 0.3 is 0 Å². The highest BCUT2D eigenvalue weighted by atomic mass is 16.5. The first-order valence-corrected chi connectivity index (χ1v) is 6.58. The molecule has 4 nitrogen and oxygen atoms in total. The number of nitrogens with zero attached hydrogens (tertiary/aromatic N) is 1. The summed E-state index contributed by atoms with van der Waals surface area (Å²) >= 11 is 0. The molecule has 4 N–H and O–H groups in total. The highest BCUT2D eigenvalue weighted by Crippen LogP contribution is 2.25. The molecule has 0 radical (unpaired) electrons. The van der Waals surface area contributed by atoms with Crippen molar-refractivity contribution in [1.29, 1.82) is 0 Å². The van der Waals surface area contributed by atoms with Crippen LogP contribution in [0.15, 0.2) is 18.2 Å². The van der Waals surface area contributed by atoms with Crippen molar-refractivity contribution in [3.63, 3.8) is 0 Å². The predicted molar refractivity (Wildman–Crippen MR) is 73.9 cm³/mol. The van der Waals surface area contributed by atoms with Gasteiger partial charge < -0.3 is 21.1 Å². The third-order valence-corrected chi connectivity index (χ3v) is 3.38. The lowest BCUT2D eigenvalue weighted by molar-refractivity contribution is 0.316. The number of hydrogen-bond donors (Lipinski definition) is 2. The van der Waals surface area contributed by atoms with Gasteiger partial charge in [0.1, 0.15) is 5.75 Å². The molecule has 0 bridgehead atoms. The summed E-state index contributed by atoms with van der Waals surface area (Å²) in [5.41, 5.74) is 14.1. The van der Waals surface area contributed by atoms with Crippen LogP contribution in [0.3, 0.4) is 0 Å². The van der Waals surface area contributed by atoms with E-state index in [2.05, 4.69) is 30.1 Å². The summed E-state index contributed by atoms with van der Waals surface area (Å²) in [6.07, 6.45) is 2.08. The molecule has 1 unspecified atom stereocenters. The zero-order chi connectivity index (χ0) is 13.0. The molecule has 1 atom stereocenters. The summed E-state index contributed by atoms with van der Waals surface area (Å²) in [6, 6.07) is 6.58. The largest absolute Gasteiger partial charge is 0.493 e. The molecular formula is C14H23N3O. The highest BCUT2D eigenvalue weighted by molar-refractivity contribution is 5.39. The molecule has 1 aliphatic rings. The van der Waals surface area contributed by atoms with Crippen LogP contribution in [-0.4, -0.2) is 44.2 Å². The van der Waals surface area contributed by atoms with E-state index in [-0.39, 0.29) is 6.04 Å². The van der Waals surface area contributed by atoms with Crippen LogP contribution in [0.25, 0.3) is 0 Å². The Morgan fingerprint density at radius 1 is 1.44 bits per heavy atom. The van der Waals surface area contributed by atoms with E-state index in [1.165, 1.54) is 11.1 Å². The summed E-state index contributed by atoms with van der Waals surface area (Å²) in [6.45, 7) is 3.22. The second kappa shape index (κ2) is 6.18. The number of likely N-dealkylation sites (N-methyl/N-ethyl adjacent to an activating group) is 1. The van der Waals surface area contributed by atoms with Crippen LogP contribution in [0.4, 0.5) is 0 Å². The number of benzene rings is 1. The topological polar surface area (TPSA) is 64.5 Å². The molecule has 1 aliphatic heterocycles. The van der Waals surface area contributed by atoms with Gasteiger partial charge in [-0.3, -0.25) is 0 Å². The van der Waals surface area contributed by atoms with Gasteiger partial charge in [-0.2, -0.15) is 0 Å². The number of hydrogen-bond acceptors (Lipinski definition) is 4. The number of ether oxygens (including phenoxy) is 1. The van der Waals surface area contributed by atoms with Gasteiger partial charge in [0.15, 0.2) is 0 Å². The normalized spacial score (nSPS) is 15.6. The molecule has 0 saturated carbocycles. The third-order valence-electron chi connectivity index (χ3n) is 3.38. The van der Waals surface area contributed by atoms with E-state index in [0.717, 1.165) is 38.3 Å². The number of rotatable bonds is 6. The maximum Gasteiger partial charge on any atom is 0.122 e. The summed E-state index contributed by atoms with van der Waals surface area (Å²) in [7, 11) is 2.09. The Balaban J connectivity index is 1.83. The molecule has 4 heteroatoms. The molecule has 1 heterocycles. The zero-order valence-electron chi connectivity index (χ0n) is 11.1. The molecule has 100 valence electrons. The molecule has 1 aromatic carbocycles. The van der Waals surface area contributed by atoms with E-state index in [4.69, 9.17) is 16.2 Å². The zero-order valence-corrected chi connectivity index (χ0v) is 11.1. The van der Waals surface area contributed by atoms with E-state index < -0.39 is 0 Å². The van der Waals surface area contributed by atoms with E-state index in [1.54, 1.807) is 0 Å². The van der Waals surface area contributed by atoms with Gasteiger partial charge in [0.25, 0.3) is 0 Å². The van der Waals surface area contributed by atoms with Crippen LogP contribution in [-0.2, 0) is 12.8 Å². The van der Waals surface area contributed by atoms with Gasteiger partial charge in [0.2, 0.25) is 0 Å². The van der Waals surface area contributed by atoms with Crippen LogP contribution >= 0.6 is 0 Å². The van der Waals surface area contributed by atoms with E-state index in [9.17, 15) is 0 Å². The molecule has 2 rings (SSSR count). The smallest absolute Gasteiger partial charge is 0.122 e. The van der Waals surface area contributed by atoms with Gasteiger partial charge in [-0.05, 0) is 30.7 Å². The van der Waals surface area contributed by atoms with Crippen molar-refractivity contribution in [3.8, 4) is 5.75 Å². The minimum atomic E-state index is 0.0726. The summed E-state index contributed by atoms with van der Waals surface area (Å²) < 4.78 is 5.51. The molecular weight excluding hydrogens is 226 g/mol. The quantitative estimate of drug-likeness (QED) is 0.765. The van der Waals surface area contributed by atoms with Crippen LogP contribution in [0.2, 0.25) is 0 Å². The minimum Gasteiger partial charge on any atom is -0.493 e. The lowest BCUT2D eigenvalue weighted by Gasteiger charge is -2.20. The minimum absolute atomic E-state index is 0.0726. The second-order valence-electron chi connectivity index (χ2n) is 5.05. The lowest BCUT2D eigenvalue weighted by Crippen LogP contribution is -2.41. The maximum atomic E-state index is 5.83. The standard InChI is InChI=1S/C14H23N3O/c1-17(10-13(16)9-15)6-4-11-2-3-14-12(8-11)5-7-18-14/h2-3,8,13H,4-7,9-10,15-16H2,1H3. The first-order valence-electron chi connectivity index (χ1n) is 6.58. The first kappa shape index (κ1) is 13.3. The van der Waals surface area contributed by atoms with Crippen LogP contribution in [0, 0.1) is 0 Å². The molecule has 0 aliphatic carbocycles. The summed E-state index contributed by atoms with van der Waals surface area (Å²) in [5.74, 6) is 1.05. The van der Waals surface area contributed by atoms with Crippen LogP contribution in [0.1, 0.15) is 11.1 Å². The van der Waals surface area contributed by atoms with Gasteiger partial charge in [-0.1, -0.05) is 12.1 Å². The van der Waals surface area contributed by atoms with Crippen molar-refractivity contribution >= 4 is 0 Å². The van der Waals surface area contributed by atoms with Crippen molar-refractivity contribution in [2.45, 2.75) is 18.9 Å². The molecule has 1 aromatic rings. The van der Waals surface area contributed by atoms with Gasteiger partial charge in [0, 0.05) is 32.1 Å². The average Bonchev–Trinajstić information content (AvgIpc) is 2.83. The van der Waals surface area contributed by atoms with Gasteiger partial charge in [-0.15, -0.1) is 0 Å². The Morgan fingerprint density at radius 3 is 3.06 bits per heavy atom. The number of fused-ring (bicyclic) bond motifs is 1. The fourth-order valence-corrected chi connectivity index (χ4v) is 2.28. The molecule has 0 fully saturated rings. The maximum absolute atomic E-state index is 5.83. The van der Waals surface area contributed by atoms with Crippen molar-refractivity contribution in [1.82, 2.24) is 4.90 Å². The second-order valence-corrected chi connectivity index (χ2v) is 5.05.